The fourth-order valence-corrected chi connectivity index (χ4v) is 3.18. The Kier molecular flexibility index (Phi) is 6.65. The number of carboxylic acid groups (broad SMARTS) is 1. The Labute approximate surface area is 175 Å². The highest BCUT2D eigenvalue weighted by Gasteiger charge is 2.23. The molecule has 0 spiro atoms. The number of hydrogen-bond donors (Lipinski definition) is 1. The monoisotopic (exact) mass is 402 g/mol. The minimum absolute atomic E-state index is 0.00719. The van der Waals surface area contributed by atoms with Gasteiger partial charge in [-0.3, -0.25) is 4.79 Å². The Morgan fingerprint density at radius 1 is 0.733 bits per heavy atom. The first-order valence-electron chi connectivity index (χ1n) is 9.37. The first-order chi connectivity index (χ1) is 14.5. The second-order valence-corrected chi connectivity index (χ2v) is 6.61. The predicted octanol–water partition coefficient (Wildman–Crippen LogP) is 4.67. The number of carbonyl (C=O) groups excluding carboxylic acids is 1. The van der Waals surface area contributed by atoms with E-state index in [1.807, 2.05) is 12.1 Å². The van der Waals surface area contributed by atoms with Crippen LogP contribution in [0.3, 0.4) is 0 Å². The van der Waals surface area contributed by atoms with Gasteiger partial charge >= 0.3 is 5.97 Å². The lowest BCUT2D eigenvalue weighted by Crippen LogP contribution is -2.14. The van der Waals surface area contributed by atoms with Crippen molar-refractivity contribution in [1.29, 1.82) is 0 Å². The van der Waals surface area contributed by atoms with Crippen LogP contribution in [0.2, 0.25) is 0 Å². The van der Waals surface area contributed by atoms with E-state index in [1.165, 1.54) is 0 Å². The molecule has 0 atom stereocenters. The fraction of sp³-hybridized carbons (Fsp3) is 0.120. The molecule has 0 saturated carbocycles. The van der Waals surface area contributed by atoms with Crippen molar-refractivity contribution in [3.63, 3.8) is 0 Å². The summed E-state index contributed by atoms with van der Waals surface area (Å²) in [5.74, 6) is -0.178. The number of Topliss-reactive ketones (excluding diaryl/α,β-unsaturated/α-hetero) is 1. The highest BCUT2D eigenvalue weighted by atomic mass is 16.5. The average Bonchev–Trinajstić information content (AvgIpc) is 2.79. The largest absolute Gasteiger partial charge is 0.497 e. The molecule has 5 nitrogen and oxygen atoms in total. The van der Waals surface area contributed by atoms with Crippen molar-refractivity contribution in [3.8, 4) is 11.5 Å². The lowest BCUT2D eigenvalue weighted by molar-refractivity contribution is -0.130. The molecule has 5 heteroatoms. The summed E-state index contributed by atoms with van der Waals surface area (Å²) in [6.45, 7) is 0. The molecule has 3 aromatic rings. The quantitative estimate of drug-likeness (QED) is 0.438. The standard InChI is InChI=1S/C25H22O5/c1-29-20-12-8-17(9-13-20)16-22(23(25(27)28)18-6-4-3-5-7-18)24(26)19-10-14-21(30-2)15-11-19/h3-15H,16H2,1-2H3,(H,27,28)/b23-22-. The molecule has 0 unspecified atom stereocenters. The summed E-state index contributed by atoms with van der Waals surface area (Å²) in [6, 6.07) is 22.6. The Morgan fingerprint density at radius 2 is 1.27 bits per heavy atom. The van der Waals surface area contributed by atoms with E-state index < -0.39 is 5.97 Å². The van der Waals surface area contributed by atoms with E-state index in [2.05, 4.69) is 0 Å². The molecule has 0 aliphatic heterocycles. The summed E-state index contributed by atoms with van der Waals surface area (Å²) in [6.07, 6.45) is 0.172. The summed E-state index contributed by atoms with van der Waals surface area (Å²) in [5.41, 5.74) is 1.89. The van der Waals surface area contributed by atoms with Crippen molar-refractivity contribution in [3.05, 3.63) is 101 Å². The second-order valence-electron chi connectivity index (χ2n) is 6.61. The first-order valence-corrected chi connectivity index (χ1v) is 9.37. The second kappa shape index (κ2) is 9.56. The molecular weight excluding hydrogens is 380 g/mol. The average molecular weight is 402 g/mol. The van der Waals surface area contributed by atoms with E-state index in [-0.39, 0.29) is 23.4 Å². The fourth-order valence-electron chi connectivity index (χ4n) is 3.18. The number of ether oxygens (including phenoxy) is 2. The van der Waals surface area contributed by atoms with Crippen LogP contribution in [-0.2, 0) is 11.2 Å². The molecule has 1 N–H and O–H groups in total. The molecule has 0 aliphatic rings. The number of hydrogen-bond acceptors (Lipinski definition) is 4. The topological polar surface area (TPSA) is 72.8 Å². The van der Waals surface area contributed by atoms with E-state index in [4.69, 9.17) is 9.47 Å². The molecule has 3 rings (SSSR count). The van der Waals surface area contributed by atoms with Gasteiger partial charge < -0.3 is 14.6 Å². The molecule has 0 fully saturated rings. The minimum atomic E-state index is -1.15. The van der Waals surface area contributed by atoms with Gasteiger partial charge in [-0.05, 0) is 47.5 Å². The van der Waals surface area contributed by atoms with Crippen LogP contribution in [0.5, 0.6) is 11.5 Å². The van der Waals surface area contributed by atoms with Crippen LogP contribution in [0.4, 0.5) is 0 Å². The number of carbonyl (C=O) groups is 2. The number of aliphatic carboxylic acids is 1. The normalized spacial score (nSPS) is 11.4. The zero-order valence-electron chi connectivity index (χ0n) is 16.8. The Balaban J connectivity index is 2.12. The van der Waals surface area contributed by atoms with E-state index in [9.17, 15) is 14.7 Å². The van der Waals surface area contributed by atoms with Gasteiger partial charge in [0, 0.05) is 17.6 Å². The van der Waals surface area contributed by atoms with E-state index in [0.717, 1.165) is 5.56 Å². The summed E-state index contributed by atoms with van der Waals surface area (Å²) in [5, 5.41) is 9.99. The van der Waals surface area contributed by atoms with Gasteiger partial charge in [-0.2, -0.15) is 0 Å². The number of carboxylic acids is 1. The highest BCUT2D eigenvalue weighted by molar-refractivity contribution is 6.26. The molecule has 152 valence electrons. The summed E-state index contributed by atoms with van der Waals surface area (Å²) < 4.78 is 10.3. The molecule has 0 radical (unpaired) electrons. The molecule has 0 heterocycles. The third-order valence-electron chi connectivity index (χ3n) is 4.74. The third-order valence-corrected chi connectivity index (χ3v) is 4.74. The van der Waals surface area contributed by atoms with Gasteiger partial charge in [-0.25, -0.2) is 4.79 Å². The maximum absolute atomic E-state index is 13.4. The van der Waals surface area contributed by atoms with Gasteiger partial charge in [-0.15, -0.1) is 0 Å². The molecule has 0 saturated heterocycles. The molecule has 0 aromatic heterocycles. The smallest absolute Gasteiger partial charge is 0.336 e. The number of benzene rings is 3. The lowest BCUT2D eigenvalue weighted by Gasteiger charge is -2.13. The first kappa shape index (κ1) is 20.9. The van der Waals surface area contributed by atoms with Crippen LogP contribution in [0.15, 0.2) is 84.4 Å². The maximum Gasteiger partial charge on any atom is 0.336 e. The molecule has 0 amide bonds. The number of allylic oxidation sites excluding steroid dienone is 1. The van der Waals surface area contributed by atoms with Gasteiger partial charge in [0.1, 0.15) is 11.5 Å². The van der Waals surface area contributed by atoms with Crippen molar-refractivity contribution in [2.45, 2.75) is 6.42 Å². The summed E-state index contributed by atoms with van der Waals surface area (Å²) >= 11 is 0. The molecule has 30 heavy (non-hydrogen) atoms. The van der Waals surface area contributed by atoms with Crippen molar-refractivity contribution in [2.75, 3.05) is 14.2 Å². The zero-order chi connectivity index (χ0) is 21.5. The molecule has 0 aliphatic carbocycles. The van der Waals surface area contributed by atoms with Crippen LogP contribution in [-0.4, -0.2) is 31.1 Å². The Hall–Kier alpha value is -3.86. The number of methoxy groups -OCH3 is 2. The van der Waals surface area contributed by atoms with Crippen LogP contribution in [0.1, 0.15) is 21.5 Å². The lowest BCUT2D eigenvalue weighted by atomic mass is 9.89. The number of ketones is 1. The van der Waals surface area contributed by atoms with Crippen LogP contribution in [0.25, 0.3) is 5.57 Å². The number of rotatable bonds is 8. The van der Waals surface area contributed by atoms with Gasteiger partial charge in [0.2, 0.25) is 0 Å². The van der Waals surface area contributed by atoms with Gasteiger partial charge in [-0.1, -0.05) is 42.5 Å². The highest BCUT2D eigenvalue weighted by Crippen LogP contribution is 2.27. The summed E-state index contributed by atoms with van der Waals surface area (Å²) in [4.78, 5) is 25.6. The molecule has 3 aromatic carbocycles. The Bertz CT molecular complexity index is 1050. The van der Waals surface area contributed by atoms with E-state index >= 15 is 0 Å². The summed E-state index contributed by atoms with van der Waals surface area (Å²) in [7, 11) is 3.12. The maximum atomic E-state index is 13.4. The SMILES string of the molecule is COc1ccc(C/C(C(=O)c2ccc(OC)cc2)=C(/C(=O)O)c2ccccc2)cc1. The van der Waals surface area contributed by atoms with E-state index in [0.29, 0.717) is 22.6 Å². The van der Waals surface area contributed by atoms with Gasteiger partial charge in [0.05, 0.1) is 19.8 Å². The van der Waals surface area contributed by atoms with Crippen molar-refractivity contribution >= 4 is 17.3 Å². The molecule has 0 bridgehead atoms. The minimum Gasteiger partial charge on any atom is -0.497 e. The molecular formula is C25H22O5. The van der Waals surface area contributed by atoms with Crippen molar-refractivity contribution in [2.24, 2.45) is 0 Å². The third kappa shape index (κ3) is 4.75. The van der Waals surface area contributed by atoms with Crippen LogP contribution in [0, 0.1) is 0 Å². The van der Waals surface area contributed by atoms with E-state index in [1.54, 1.807) is 80.9 Å². The zero-order valence-corrected chi connectivity index (χ0v) is 16.8. The van der Waals surface area contributed by atoms with Gasteiger partial charge in [0.15, 0.2) is 5.78 Å². The van der Waals surface area contributed by atoms with Gasteiger partial charge in [0.25, 0.3) is 0 Å². The van der Waals surface area contributed by atoms with Crippen molar-refractivity contribution < 1.29 is 24.2 Å². The predicted molar refractivity (Wildman–Crippen MR) is 115 cm³/mol. The van der Waals surface area contributed by atoms with Crippen molar-refractivity contribution in [1.82, 2.24) is 0 Å². The van der Waals surface area contributed by atoms with Crippen LogP contribution >= 0.6 is 0 Å². The van der Waals surface area contributed by atoms with Crippen LogP contribution < -0.4 is 9.47 Å². The Morgan fingerprint density at radius 3 is 1.77 bits per heavy atom.